The normalized spacial score (nSPS) is 21.7. The molecule has 0 saturated carbocycles. The van der Waals surface area contributed by atoms with Crippen LogP contribution in [0.1, 0.15) is 43.9 Å². The molecule has 2 saturated heterocycles. The van der Waals surface area contributed by atoms with Gasteiger partial charge in [0.1, 0.15) is 6.04 Å². The van der Waals surface area contributed by atoms with E-state index in [-0.39, 0.29) is 29.8 Å². The van der Waals surface area contributed by atoms with Gasteiger partial charge in [-0.3, -0.25) is 14.5 Å². The summed E-state index contributed by atoms with van der Waals surface area (Å²) < 4.78 is 5.50. The zero-order chi connectivity index (χ0) is 20.1. The van der Waals surface area contributed by atoms with Crippen LogP contribution in [0.2, 0.25) is 0 Å². The van der Waals surface area contributed by atoms with Gasteiger partial charge in [-0.2, -0.15) is 0 Å². The molecule has 1 aromatic rings. The number of hydrogen-bond donors (Lipinski definition) is 1. The average Bonchev–Trinajstić information content (AvgIpc) is 3.19. The van der Waals surface area contributed by atoms with Crippen molar-refractivity contribution in [2.45, 2.75) is 45.7 Å². The van der Waals surface area contributed by atoms with E-state index >= 15 is 0 Å². The zero-order valence-electron chi connectivity index (χ0n) is 17.3. The number of morpholine rings is 1. The Morgan fingerprint density at radius 2 is 1.82 bits per heavy atom. The van der Waals surface area contributed by atoms with Gasteiger partial charge < -0.3 is 15.0 Å². The molecule has 28 heavy (non-hydrogen) atoms. The van der Waals surface area contributed by atoms with E-state index in [9.17, 15) is 9.59 Å². The molecule has 6 heteroatoms. The molecule has 0 aromatic heterocycles. The number of rotatable bonds is 6. The van der Waals surface area contributed by atoms with Gasteiger partial charge >= 0.3 is 0 Å². The predicted molar refractivity (Wildman–Crippen MR) is 109 cm³/mol. The molecular weight excluding hydrogens is 354 g/mol. The first-order valence-corrected chi connectivity index (χ1v) is 10.4. The Kier molecular flexibility index (Phi) is 7.08. The highest BCUT2D eigenvalue weighted by molar-refractivity contribution is 5.88. The van der Waals surface area contributed by atoms with Crippen molar-refractivity contribution >= 4 is 11.8 Å². The van der Waals surface area contributed by atoms with Gasteiger partial charge in [-0.05, 0) is 25.3 Å². The number of benzene rings is 1. The molecule has 0 radical (unpaired) electrons. The third kappa shape index (κ3) is 4.92. The van der Waals surface area contributed by atoms with Gasteiger partial charge in [0.25, 0.3) is 0 Å². The first-order chi connectivity index (χ1) is 13.5. The maximum atomic E-state index is 12.9. The number of carbonyl (C=O) groups is 2. The van der Waals surface area contributed by atoms with Crippen LogP contribution in [-0.4, -0.2) is 67.0 Å². The number of nitrogens with one attached hydrogen (secondary N) is 1. The molecule has 2 fully saturated rings. The summed E-state index contributed by atoms with van der Waals surface area (Å²) in [5.74, 6) is -0.0418. The van der Waals surface area contributed by atoms with Gasteiger partial charge in [0.15, 0.2) is 0 Å². The molecule has 2 amide bonds. The summed E-state index contributed by atoms with van der Waals surface area (Å²) in [4.78, 5) is 29.5. The molecule has 0 bridgehead atoms. The SMILES string of the molecule is Cc1ccc(C(CNC(=O)C2CCCN2C(=O)C(C)C)N2CCOCC2)cc1. The van der Waals surface area contributed by atoms with Crippen molar-refractivity contribution in [2.75, 3.05) is 39.4 Å². The van der Waals surface area contributed by atoms with E-state index in [4.69, 9.17) is 4.74 Å². The van der Waals surface area contributed by atoms with Crippen molar-refractivity contribution in [1.82, 2.24) is 15.1 Å². The summed E-state index contributed by atoms with van der Waals surface area (Å²) in [6, 6.07) is 8.30. The quantitative estimate of drug-likeness (QED) is 0.812. The van der Waals surface area contributed by atoms with E-state index in [0.29, 0.717) is 13.1 Å². The third-order valence-corrected chi connectivity index (χ3v) is 5.75. The lowest BCUT2D eigenvalue weighted by Crippen LogP contribution is -2.50. The minimum absolute atomic E-state index is 0.0307. The smallest absolute Gasteiger partial charge is 0.242 e. The van der Waals surface area contributed by atoms with Crippen molar-refractivity contribution in [3.8, 4) is 0 Å². The fourth-order valence-corrected chi connectivity index (χ4v) is 4.09. The Morgan fingerprint density at radius 1 is 1.14 bits per heavy atom. The van der Waals surface area contributed by atoms with Gasteiger partial charge in [-0.1, -0.05) is 43.7 Å². The molecule has 2 heterocycles. The highest BCUT2D eigenvalue weighted by Crippen LogP contribution is 2.23. The largest absolute Gasteiger partial charge is 0.379 e. The number of nitrogens with zero attached hydrogens (tertiary/aromatic N) is 2. The predicted octanol–water partition coefficient (Wildman–Crippen LogP) is 2.13. The molecule has 2 unspecified atom stereocenters. The van der Waals surface area contributed by atoms with E-state index in [1.807, 2.05) is 13.8 Å². The monoisotopic (exact) mass is 387 g/mol. The number of ether oxygens (including phenoxy) is 1. The Balaban J connectivity index is 1.68. The second-order valence-corrected chi connectivity index (χ2v) is 8.16. The molecule has 6 nitrogen and oxygen atoms in total. The molecule has 154 valence electrons. The van der Waals surface area contributed by atoms with E-state index in [1.54, 1.807) is 4.90 Å². The first-order valence-electron chi connectivity index (χ1n) is 10.4. The van der Waals surface area contributed by atoms with Crippen LogP contribution in [0.4, 0.5) is 0 Å². The van der Waals surface area contributed by atoms with Crippen molar-refractivity contribution in [3.05, 3.63) is 35.4 Å². The molecule has 1 aromatic carbocycles. The Labute approximate surface area is 168 Å². The van der Waals surface area contributed by atoms with E-state index in [0.717, 1.165) is 39.1 Å². The van der Waals surface area contributed by atoms with Crippen molar-refractivity contribution in [3.63, 3.8) is 0 Å². The molecule has 0 aliphatic carbocycles. The maximum Gasteiger partial charge on any atom is 0.242 e. The van der Waals surface area contributed by atoms with Crippen molar-refractivity contribution in [2.24, 2.45) is 5.92 Å². The standard InChI is InChI=1S/C22H33N3O3/c1-16(2)22(27)25-10-4-5-19(25)21(26)23-15-20(24-11-13-28-14-12-24)18-8-6-17(3)7-9-18/h6-9,16,19-20H,4-5,10-15H2,1-3H3,(H,23,26). The van der Waals surface area contributed by atoms with E-state index in [2.05, 4.69) is 41.4 Å². The second kappa shape index (κ2) is 9.52. The lowest BCUT2D eigenvalue weighted by atomic mass is 10.0. The fourth-order valence-electron chi connectivity index (χ4n) is 4.09. The van der Waals surface area contributed by atoms with Crippen LogP contribution in [0.15, 0.2) is 24.3 Å². The van der Waals surface area contributed by atoms with Crippen LogP contribution in [0.3, 0.4) is 0 Å². The minimum Gasteiger partial charge on any atom is -0.379 e. The Bertz CT molecular complexity index is 668. The number of likely N-dealkylation sites (tertiary alicyclic amines) is 1. The van der Waals surface area contributed by atoms with Gasteiger partial charge in [0.05, 0.1) is 19.3 Å². The van der Waals surface area contributed by atoms with Crippen LogP contribution in [0.25, 0.3) is 0 Å². The van der Waals surface area contributed by atoms with Crippen LogP contribution in [-0.2, 0) is 14.3 Å². The summed E-state index contributed by atoms with van der Waals surface area (Å²) in [6.07, 6.45) is 1.64. The highest BCUT2D eigenvalue weighted by atomic mass is 16.5. The lowest BCUT2D eigenvalue weighted by molar-refractivity contribution is -0.140. The second-order valence-electron chi connectivity index (χ2n) is 8.16. The number of aryl methyl sites for hydroxylation is 1. The molecule has 3 rings (SSSR count). The highest BCUT2D eigenvalue weighted by Gasteiger charge is 2.35. The average molecular weight is 388 g/mol. The van der Waals surface area contributed by atoms with Crippen LogP contribution in [0.5, 0.6) is 0 Å². The third-order valence-electron chi connectivity index (χ3n) is 5.75. The van der Waals surface area contributed by atoms with Crippen LogP contribution in [0, 0.1) is 12.8 Å². The van der Waals surface area contributed by atoms with E-state index in [1.165, 1.54) is 11.1 Å². The number of carbonyl (C=O) groups excluding carboxylic acids is 2. The summed E-state index contributed by atoms with van der Waals surface area (Å²) in [6.45, 7) is 10.2. The number of hydrogen-bond acceptors (Lipinski definition) is 4. The van der Waals surface area contributed by atoms with E-state index < -0.39 is 0 Å². The zero-order valence-corrected chi connectivity index (χ0v) is 17.3. The molecule has 1 N–H and O–H groups in total. The summed E-state index contributed by atoms with van der Waals surface area (Å²) in [5.41, 5.74) is 2.43. The minimum atomic E-state index is -0.335. The Morgan fingerprint density at radius 3 is 2.46 bits per heavy atom. The van der Waals surface area contributed by atoms with Gasteiger partial charge in [0.2, 0.25) is 11.8 Å². The van der Waals surface area contributed by atoms with Crippen molar-refractivity contribution in [1.29, 1.82) is 0 Å². The van der Waals surface area contributed by atoms with Crippen LogP contribution >= 0.6 is 0 Å². The summed E-state index contributed by atoms with van der Waals surface area (Å²) in [5, 5.41) is 3.14. The molecule has 0 spiro atoms. The fraction of sp³-hybridized carbons (Fsp3) is 0.636. The molecular formula is C22H33N3O3. The molecule has 2 aliphatic rings. The van der Waals surface area contributed by atoms with Gasteiger partial charge in [-0.25, -0.2) is 0 Å². The summed E-state index contributed by atoms with van der Waals surface area (Å²) in [7, 11) is 0. The number of amides is 2. The molecule has 2 aliphatic heterocycles. The Hall–Kier alpha value is -1.92. The first kappa shape index (κ1) is 20.8. The van der Waals surface area contributed by atoms with Gasteiger partial charge in [0, 0.05) is 32.1 Å². The summed E-state index contributed by atoms with van der Waals surface area (Å²) >= 11 is 0. The molecule has 2 atom stereocenters. The lowest BCUT2D eigenvalue weighted by Gasteiger charge is -2.35. The van der Waals surface area contributed by atoms with Crippen molar-refractivity contribution < 1.29 is 14.3 Å². The topological polar surface area (TPSA) is 61.9 Å². The van der Waals surface area contributed by atoms with Gasteiger partial charge in [-0.15, -0.1) is 0 Å². The van der Waals surface area contributed by atoms with Crippen LogP contribution < -0.4 is 5.32 Å². The maximum absolute atomic E-state index is 12.9.